The zero-order valence-electron chi connectivity index (χ0n) is 22.9. The number of nitrogens with one attached hydrogen (secondary N) is 1. The summed E-state index contributed by atoms with van der Waals surface area (Å²) in [5.74, 6) is -2.08. The SMILES string of the molecule is CN(C)C/C=C/C(=O)N1CCC[C@H](n2c(=O)c(Oc3ccc(F)cc3F)cc3cnc(Nc4cnn(C)c4)nc32)C1. The van der Waals surface area contributed by atoms with Crippen LogP contribution in [0.4, 0.5) is 20.4 Å². The van der Waals surface area contributed by atoms with Crippen molar-refractivity contribution in [1.82, 2.24) is 34.1 Å². The lowest BCUT2D eigenvalue weighted by molar-refractivity contribution is -0.127. The molecule has 1 saturated heterocycles. The third-order valence-electron chi connectivity index (χ3n) is 6.62. The van der Waals surface area contributed by atoms with Crippen molar-refractivity contribution in [3.8, 4) is 11.5 Å². The zero-order chi connectivity index (χ0) is 29.1. The highest BCUT2D eigenvalue weighted by molar-refractivity contribution is 5.87. The van der Waals surface area contributed by atoms with Crippen molar-refractivity contribution < 1.29 is 18.3 Å². The van der Waals surface area contributed by atoms with Crippen LogP contribution in [0.5, 0.6) is 11.5 Å². The van der Waals surface area contributed by atoms with Crippen LogP contribution < -0.4 is 15.6 Å². The molecule has 1 aliphatic heterocycles. The number of carbonyl (C=O) groups is 1. The van der Waals surface area contributed by atoms with E-state index in [4.69, 9.17) is 4.74 Å². The Labute approximate surface area is 234 Å². The second-order valence-corrected chi connectivity index (χ2v) is 10.1. The summed E-state index contributed by atoms with van der Waals surface area (Å²) in [6, 6.07) is 3.85. The first kappa shape index (κ1) is 27.9. The first-order valence-corrected chi connectivity index (χ1v) is 13.1. The summed E-state index contributed by atoms with van der Waals surface area (Å²) in [6.07, 6.45) is 9.49. The molecule has 41 heavy (non-hydrogen) atoms. The molecule has 0 unspecified atom stereocenters. The van der Waals surface area contributed by atoms with Crippen LogP contribution in [-0.2, 0) is 11.8 Å². The van der Waals surface area contributed by atoms with E-state index in [1.165, 1.54) is 22.9 Å². The van der Waals surface area contributed by atoms with Crippen molar-refractivity contribution in [3.05, 3.63) is 77.0 Å². The number of nitrogens with zero attached hydrogens (tertiary/aromatic N) is 7. The summed E-state index contributed by atoms with van der Waals surface area (Å²) in [4.78, 5) is 39.5. The van der Waals surface area contributed by atoms with Crippen molar-refractivity contribution >= 4 is 28.6 Å². The molecule has 5 rings (SSSR count). The van der Waals surface area contributed by atoms with Gasteiger partial charge in [0.05, 0.1) is 17.9 Å². The molecule has 11 nitrogen and oxygen atoms in total. The van der Waals surface area contributed by atoms with Gasteiger partial charge in [0.1, 0.15) is 11.5 Å². The van der Waals surface area contributed by atoms with Gasteiger partial charge in [0.25, 0.3) is 5.56 Å². The van der Waals surface area contributed by atoms with Crippen molar-refractivity contribution in [2.45, 2.75) is 18.9 Å². The van der Waals surface area contributed by atoms with E-state index >= 15 is 0 Å². The summed E-state index contributed by atoms with van der Waals surface area (Å²) < 4.78 is 36.6. The first-order valence-electron chi connectivity index (χ1n) is 13.1. The number of ether oxygens (including phenoxy) is 1. The van der Waals surface area contributed by atoms with Crippen molar-refractivity contribution in [2.24, 2.45) is 7.05 Å². The van der Waals surface area contributed by atoms with Gasteiger partial charge in [-0.25, -0.2) is 13.8 Å². The van der Waals surface area contributed by atoms with E-state index in [0.29, 0.717) is 48.7 Å². The average molecular weight is 565 g/mol. The Morgan fingerprint density at radius 3 is 2.78 bits per heavy atom. The van der Waals surface area contributed by atoms with E-state index < -0.39 is 23.2 Å². The van der Waals surface area contributed by atoms with Gasteiger partial charge in [0.2, 0.25) is 11.9 Å². The normalized spacial score (nSPS) is 15.7. The Kier molecular flexibility index (Phi) is 8.06. The predicted molar refractivity (Wildman–Crippen MR) is 149 cm³/mol. The fourth-order valence-corrected chi connectivity index (χ4v) is 4.69. The van der Waals surface area contributed by atoms with Crippen molar-refractivity contribution in [2.75, 3.05) is 39.0 Å². The molecular formula is C28H30F2N8O3. The third-order valence-corrected chi connectivity index (χ3v) is 6.62. The van der Waals surface area contributed by atoms with E-state index in [2.05, 4.69) is 20.4 Å². The highest BCUT2D eigenvalue weighted by Crippen LogP contribution is 2.29. The molecule has 3 aromatic heterocycles. The Bertz CT molecular complexity index is 1670. The van der Waals surface area contributed by atoms with Crippen LogP contribution in [0.2, 0.25) is 0 Å². The minimum absolute atomic E-state index is 0.150. The highest BCUT2D eigenvalue weighted by Gasteiger charge is 2.28. The maximum atomic E-state index is 14.4. The summed E-state index contributed by atoms with van der Waals surface area (Å²) in [6.45, 7) is 1.44. The summed E-state index contributed by atoms with van der Waals surface area (Å²) in [5, 5.41) is 7.67. The number of likely N-dealkylation sites (N-methyl/N-ethyl adjacent to an activating group) is 1. The average Bonchev–Trinajstić information content (AvgIpc) is 3.34. The first-order chi connectivity index (χ1) is 19.7. The maximum absolute atomic E-state index is 14.4. The number of fused-ring (bicyclic) bond motifs is 1. The smallest absolute Gasteiger partial charge is 0.295 e. The number of hydrogen-bond acceptors (Lipinski definition) is 8. The van der Waals surface area contributed by atoms with Crippen LogP contribution >= 0.6 is 0 Å². The Hall–Kier alpha value is -4.65. The van der Waals surface area contributed by atoms with Gasteiger partial charge in [0.15, 0.2) is 17.3 Å². The van der Waals surface area contributed by atoms with Gasteiger partial charge >= 0.3 is 0 Å². The molecule has 1 aromatic carbocycles. The molecular weight excluding hydrogens is 534 g/mol. The molecule has 0 saturated carbocycles. The second kappa shape index (κ2) is 11.8. The molecule has 0 spiro atoms. The summed E-state index contributed by atoms with van der Waals surface area (Å²) in [5.41, 5.74) is 0.423. The molecule has 0 aliphatic carbocycles. The van der Waals surface area contributed by atoms with Crippen LogP contribution in [0, 0.1) is 11.6 Å². The number of hydrogen-bond donors (Lipinski definition) is 1. The third kappa shape index (κ3) is 6.40. The maximum Gasteiger partial charge on any atom is 0.295 e. The minimum Gasteiger partial charge on any atom is -0.448 e. The molecule has 214 valence electrons. The molecule has 0 bridgehead atoms. The van der Waals surface area contributed by atoms with Gasteiger partial charge in [-0.3, -0.25) is 18.8 Å². The molecule has 1 aliphatic rings. The number of pyridine rings is 1. The van der Waals surface area contributed by atoms with Gasteiger partial charge in [0, 0.05) is 56.6 Å². The number of carbonyl (C=O) groups excluding carboxylic acids is 1. The van der Waals surface area contributed by atoms with Crippen LogP contribution in [0.3, 0.4) is 0 Å². The van der Waals surface area contributed by atoms with Gasteiger partial charge in [-0.1, -0.05) is 6.08 Å². The lowest BCUT2D eigenvalue weighted by atomic mass is 10.0. The highest BCUT2D eigenvalue weighted by atomic mass is 19.1. The minimum atomic E-state index is -0.942. The monoisotopic (exact) mass is 564 g/mol. The van der Waals surface area contributed by atoms with Crippen LogP contribution in [0.25, 0.3) is 11.0 Å². The molecule has 13 heteroatoms. The fraction of sp³-hybridized carbons (Fsp3) is 0.321. The van der Waals surface area contributed by atoms with Crippen molar-refractivity contribution in [1.29, 1.82) is 0 Å². The van der Waals surface area contributed by atoms with Crippen LogP contribution in [0.15, 0.2) is 59.8 Å². The van der Waals surface area contributed by atoms with E-state index in [1.54, 1.807) is 35.1 Å². The number of aryl methyl sites for hydroxylation is 1. The Morgan fingerprint density at radius 2 is 2.05 bits per heavy atom. The standard InChI is InChI=1S/C28H30F2N8O3/c1-35(2)10-5-7-25(39)37-11-4-6-21(17-37)38-26-18(14-31-28(34-26)33-20-15-32-36(3)16-20)12-24(27(38)40)41-23-9-8-19(29)13-22(23)30/h5,7-9,12-16,21H,4,6,10-11,17H2,1-3H3,(H,31,33,34)/b7-5+/t21-/m0/s1. The number of rotatable bonds is 8. The molecule has 4 aromatic rings. The van der Waals surface area contributed by atoms with E-state index in [-0.39, 0.29) is 29.9 Å². The van der Waals surface area contributed by atoms with Gasteiger partial charge in [-0.15, -0.1) is 0 Å². The molecule has 4 heterocycles. The number of benzene rings is 1. The number of halogens is 2. The van der Waals surface area contributed by atoms with Gasteiger partial charge < -0.3 is 19.9 Å². The van der Waals surface area contributed by atoms with E-state index in [1.807, 2.05) is 19.0 Å². The van der Waals surface area contributed by atoms with E-state index in [9.17, 15) is 18.4 Å². The number of likely N-dealkylation sites (tertiary alicyclic amines) is 1. The Balaban J connectivity index is 1.55. The van der Waals surface area contributed by atoms with Crippen molar-refractivity contribution in [3.63, 3.8) is 0 Å². The van der Waals surface area contributed by atoms with Gasteiger partial charge in [-0.2, -0.15) is 10.1 Å². The molecule has 1 fully saturated rings. The number of amides is 1. The zero-order valence-corrected chi connectivity index (χ0v) is 22.9. The molecule has 1 N–H and O–H groups in total. The number of piperidine rings is 1. The lowest BCUT2D eigenvalue weighted by Gasteiger charge is -2.33. The summed E-state index contributed by atoms with van der Waals surface area (Å²) >= 11 is 0. The lowest BCUT2D eigenvalue weighted by Crippen LogP contribution is -2.42. The second-order valence-electron chi connectivity index (χ2n) is 10.1. The largest absolute Gasteiger partial charge is 0.448 e. The number of anilines is 2. The van der Waals surface area contributed by atoms with Gasteiger partial charge in [-0.05, 0) is 45.1 Å². The molecule has 0 radical (unpaired) electrons. The van der Waals surface area contributed by atoms with Crippen LogP contribution in [-0.4, -0.2) is 73.8 Å². The molecule has 1 atom stereocenters. The fourth-order valence-electron chi connectivity index (χ4n) is 4.69. The van der Waals surface area contributed by atoms with E-state index in [0.717, 1.165) is 12.1 Å². The molecule has 1 amide bonds. The topological polar surface area (TPSA) is 110 Å². The predicted octanol–water partition coefficient (Wildman–Crippen LogP) is 3.62. The summed E-state index contributed by atoms with van der Waals surface area (Å²) in [7, 11) is 5.60. The quantitative estimate of drug-likeness (QED) is 0.323. The Morgan fingerprint density at radius 1 is 1.22 bits per heavy atom. The van der Waals surface area contributed by atoms with Crippen LogP contribution in [0.1, 0.15) is 18.9 Å². The number of aromatic nitrogens is 5.